The van der Waals surface area contributed by atoms with Gasteiger partial charge < -0.3 is 9.80 Å². The van der Waals surface area contributed by atoms with Crippen LogP contribution in [0.3, 0.4) is 0 Å². The molecule has 1 unspecified atom stereocenters. The molecule has 0 spiro atoms. The molecule has 5 heteroatoms. The quantitative estimate of drug-likeness (QED) is 0.860. The van der Waals surface area contributed by atoms with E-state index in [1.54, 1.807) is 17.0 Å². The highest BCUT2D eigenvalue weighted by atomic mass is 19.1. The molecule has 1 heterocycles. The van der Waals surface area contributed by atoms with Crippen LogP contribution in [-0.2, 0) is 4.79 Å². The van der Waals surface area contributed by atoms with Gasteiger partial charge in [-0.1, -0.05) is 12.1 Å². The average Bonchev–Trinajstić information content (AvgIpc) is 2.69. The van der Waals surface area contributed by atoms with Crippen molar-refractivity contribution in [3.8, 4) is 0 Å². The van der Waals surface area contributed by atoms with Crippen LogP contribution in [0.2, 0.25) is 0 Å². The van der Waals surface area contributed by atoms with Gasteiger partial charge in [-0.25, -0.2) is 4.39 Å². The molecule has 0 aliphatic carbocycles. The Morgan fingerprint density at radius 2 is 2.06 bits per heavy atom. The number of carbonyl (C=O) groups excluding carboxylic acids is 1. The number of hydrogen-bond acceptors (Lipinski definition) is 3. The number of amides is 1. The van der Waals surface area contributed by atoms with Crippen molar-refractivity contribution in [1.29, 1.82) is 0 Å². The standard InChI is InChI=1S/C13H18FN3O/c1-16(2)7-8-17-12(18)9-15-13(17)10-3-5-11(14)6-4-10/h3-6,13,15H,7-9H2,1-2H3. The summed E-state index contributed by atoms with van der Waals surface area (Å²) >= 11 is 0. The lowest BCUT2D eigenvalue weighted by molar-refractivity contribution is -0.128. The van der Waals surface area contributed by atoms with Crippen LogP contribution in [0.1, 0.15) is 11.7 Å². The lowest BCUT2D eigenvalue weighted by Crippen LogP contribution is -2.36. The Kier molecular flexibility index (Phi) is 3.93. The largest absolute Gasteiger partial charge is 0.321 e. The van der Waals surface area contributed by atoms with E-state index in [2.05, 4.69) is 5.32 Å². The van der Waals surface area contributed by atoms with Crippen LogP contribution >= 0.6 is 0 Å². The molecule has 0 aromatic heterocycles. The molecule has 1 N–H and O–H groups in total. The maximum atomic E-state index is 12.9. The SMILES string of the molecule is CN(C)CCN1C(=O)CNC1c1ccc(F)cc1. The summed E-state index contributed by atoms with van der Waals surface area (Å²) in [5.74, 6) is -0.172. The van der Waals surface area contributed by atoms with Crippen LogP contribution in [0, 0.1) is 5.82 Å². The molecular formula is C13H18FN3O. The lowest BCUT2D eigenvalue weighted by Gasteiger charge is -2.26. The first-order valence-corrected chi connectivity index (χ1v) is 6.01. The molecule has 0 saturated carbocycles. The molecule has 2 rings (SSSR count). The van der Waals surface area contributed by atoms with E-state index < -0.39 is 0 Å². The molecule has 1 aromatic carbocycles. The Morgan fingerprint density at radius 1 is 1.39 bits per heavy atom. The number of nitrogens with zero attached hydrogens (tertiary/aromatic N) is 2. The third-order valence-electron chi connectivity index (χ3n) is 3.05. The second-order valence-electron chi connectivity index (χ2n) is 4.73. The predicted molar refractivity (Wildman–Crippen MR) is 67.4 cm³/mol. The first-order chi connectivity index (χ1) is 8.58. The van der Waals surface area contributed by atoms with Gasteiger partial charge in [0.2, 0.25) is 5.91 Å². The highest BCUT2D eigenvalue weighted by Crippen LogP contribution is 2.22. The van der Waals surface area contributed by atoms with E-state index >= 15 is 0 Å². The van der Waals surface area contributed by atoms with Gasteiger partial charge in [-0.05, 0) is 31.8 Å². The highest BCUT2D eigenvalue weighted by molar-refractivity contribution is 5.80. The molecule has 0 bridgehead atoms. The van der Waals surface area contributed by atoms with Crippen LogP contribution < -0.4 is 5.32 Å². The van der Waals surface area contributed by atoms with Gasteiger partial charge in [0.15, 0.2) is 0 Å². The van der Waals surface area contributed by atoms with Gasteiger partial charge in [0.1, 0.15) is 12.0 Å². The summed E-state index contributed by atoms with van der Waals surface area (Å²) in [7, 11) is 3.95. The number of hydrogen-bond donors (Lipinski definition) is 1. The predicted octanol–water partition coefficient (Wildman–Crippen LogP) is 0.818. The van der Waals surface area contributed by atoms with Crippen LogP contribution in [0.4, 0.5) is 4.39 Å². The molecule has 1 amide bonds. The lowest BCUT2D eigenvalue weighted by atomic mass is 10.1. The Labute approximate surface area is 106 Å². The van der Waals surface area contributed by atoms with Crippen LogP contribution in [0.5, 0.6) is 0 Å². The third-order valence-corrected chi connectivity index (χ3v) is 3.05. The van der Waals surface area contributed by atoms with Crippen LogP contribution in [-0.4, -0.2) is 49.4 Å². The Balaban J connectivity index is 2.10. The van der Waals surface area contributed by atoms with Gasteiger partial charge >= 0.3 is 0 Å². The Hall–Kier alpha value is -1.46. The van der Waals surface area contributed by atoms with Crippen molar-refractivity contribution in [3.05, 3.63) is 35.6 Å². The summed E-state index contributed by atoms with van der Waals surface area (Å²) in [6.45, 7) is 1.82. The van der Waals surface area contributed by atoms with Gasteiger partial charge in [-0.15, -0.1) is 0 Å². The van der Waals surface area contributed by atoms with Crippen molar-refractivity contribution < 1.29 is 9.18 Å². The monoisotopic (exact) mass is 251 g/mol. The zero-order valence-electron chi connectivity index (χ0n) is 10.7. The minimum atomic E-state index is -0.261. The van der Waals surface area contributed by atoms with Crippen molar-refractivity contribution in [2.75, 3.05) is 33.7 Å². The zero-order chi connectivity index (χ0) is 13.1. The van der Waals surface area contributed by atoms with E-state index in [1.165, 1.54) is 12.1 Å². The summed E-state index contributed by atoms with van der Waals surface area (Å²) in [6, 6.07) is 6.27. The molecule has 0 radical (unpaired) electrons. The van der Waals surface area contributed by atoms with Gasteiger partial charge in [-0.2, -0.15) is 0 Å². The second-order valence-corrected chi connectivity index (χ2v) is 4.73. The smallest absolute Gasteiger partial charge is 0.238 e. The summed E-state index contributed by atoms with van der Waals surface area (Å²) < 4.78 is 12.9. The molecule has 1 fully saturated rings. The van der Waals surface area contributed by atoms with Crippen molar-refractivity contribution in [2.45, 2.75) is 6.17 Å². The maximum Gasteiger partial charge on any atom is 0.238 e. The minimum absolute atomic E-state index is 0.0891. The topological polar surface area (TPSA) is 35.6 Å². The molecule has 1 aliphatic heterocycles. The zero-order valence-corrected chi connectivity index (χ0v) is 10.7. The molecule has 1 atom stereocenters. The van der Waals surface area contributed by atoms with E-state index in [1.807, 2.05) is 19.0 Å². The van der Waals surface area contributed by atoms with Crippen molar-refractivity contribution in [1.82, 2.24) is 15.1 Å². The second kappa shape index (κ2) is 5.46. The Morgan fingerprint density at radius 3 is 2.67 bits per heavy atom. The summed E-state index contributed by atoms with van der Waals surface area (Å²) in [5, 5.41) is 3.15. The van der Waals surface area contributed by atoms with Crippen LogP contribution in [0.25, 0.3) is 0 Å². The fourth-order valence-electron chi connectivity index (χ4n) is 2.04. The minimum Gasteiger partial charge on any atom is -0.321 e. The number of halogens is 1. The summed E-state index contributed by atoms with van der Waals surface area (Å²) in [5.41, 5.74) is 0.918. The fourth-order valence-corrected chi connectivity index (χ4v) is 2.04. The molecule has 18 heavy (non-hydrogen) atoms. The van der Waals surface area contributed by atoms with Gasteiger partial charge in [0.25, 0.3) is 0 Å². The molecule has 1 aromatic rings. The molecular weight excluding hydrogens is 233 g/mol. The number of rotatable bonds is 4. The third kappa shape index (κ3) is 2.86. The van der Waals surface area contributed by atoms with E-state index in [9.17, 15) is 9.18 Å². The van der Waals surface area contributed by atoms with Gasteiger partial charge in [0.05, 0.1) is 6.54 Å². The summed E-state index contributed by atoms with van der Waals surface area (Å²) in [4.78, 5) is 15.6. The maximum absolute atomic E-state index is 12.9. The van der Waals surface area contributed by atoms with Crippen molar-refractivity contribution >= 4 is 5.91 Å². The Bertz CT molecular complexity index is 419. The first-order valence-electron chi connectivity index (χ1n) is 6.01. The number of likely N-dealkylation sites (N-methyl/N-ethyl adjacent to an activating group) is 1. The fraction of sp³-hybridized carbons (Fsp3) is 0.462. The van der Waals surface area contributed by atoms with Gasteiger partial charge in [0, 0.05) is 13.1 Å². The molecule has 1 saturated heterocycles. The summed E-state index contributed by atoms with van der Waals surface area (Å²) in [6.07, 6.45) is -0.141. The first kappa shape index (κ1) is 13.0. The van der Waals surface area contributed by atoms with E-state index in [4.69, 9.17) is 0 Å². The van der Waals surface area contributed by atoms with Crippen molar-refractivity contribution in [2.24, 2.45) is 0 Å². The van der Waals surface area contributed by atoms with Crippen molar-refractivity contribution in [3.63, 3.8) is 0 Å². The van der Waals surface area contributed by atoms with E-state index in [0.717, 1.165) is 12.1 Å². The van der Waals surface area contributed by atoms with E-state index in [-0.39, 0.29) is 17.9 Å². The van der Waals surface area contributed by atoms with Gasteiger partial charge in [-0.3, -0.25) is 10.1 Å². The molecule has 1 aliphatic rings. The molecule has 4 nitrogen and oxygen atoms in total. The molecule has 98 valence electrons. The average molecular weight is 251 g/mol. The van der Waals surface area contributed by atoms with Crippen LogP contribution in [0.15, 0.2) is 24.3 Å². The number of benzene rings is 1. The normalized spacial score (nSPS) is 19.9. The number of carbonyl (C=O) groups is 1. The highest BCUT2D eigenvalue weighted by Gasteiger charge is 2.30. The number of nitrogens with one attached hydrogen (secondary N) is 1. The van der Waals surface area contributed by atoms with E-state index in [0.29, 0.717) is 13.1 Å².